The van der Waals surface area contributed by atoms with Crippen LogP contribution in [-0.2, 0) is 22.7 Å². The number of aryl methyl sites for hydroxylation is 2. The zero-order valence-electron chi connectivity index (χ0n) is 20.4. The lowest BCUT2D eigenvalue weighted by Crippen LogP contribution is -2.37. The van der Waals surface area contributed by atoms with Gasteiger partial charge in [-0.3, -0.25) is 4.40 Å². The second-order valence-corrected chi connectivity index (χ2v) is 11.5. The van der Waals surface area contributed by atoms with Gasteiger partial charge in [-0.25, -0.2) is 12.8 Å². The number of rotatable bonds is 7. The first kappa shape index (κ1) is 24.4. The zero-order chi connectivity index (χ0) is 25.3. The summed E-state index contributed by atoms with van der Waals surface area (Å²) in [4.78, 5) is 2.53. The molecular formula is C27H29FN4O3S. The van der Waals surface area contributed by atoms with Crippen LogP contribution in [0, 0.1) is 5.82 Å². The van der Waals surface area contributed by atoms with E-state index in [-0.39, 0.29) is 16.8 Å². The molecule has 0 unspecified atom stereocenters. The van der Waals surface area contributed by atoms with Crippen molar-refractivity contribution in [2.24, 2.45) is 0 Å². The maximum absolute atomic E-state index is 13.7. The minimum Gasteiger partial charge on any atom is -0.494 e. The van der Waals surface area contributed by atoms with Crippen LogP contribution in [0.4, 0.5) is 4.39 Å². The molecule has 7 nitrogen and oxygen atoms in total. The fourth-order valence-electron chi connectivity index (χ4n) is 4.84. The molecule has 2 aromatic heterocycles. The summed E-state index contributed by atoms with van der Waals surface area (Å²) >= 11 is 0. The van der Waals surface area contributed by atoms with E-state index in [1.54, 1.807) is 30.6 Å². The van der Waals surface area contributed by atoms with Crippen LogP contribution in [0.25, 0.3) is 16.8 Å². The Bertz CT molecular complexity index is 1480. The Morgan fingerprint density at radius 2 is 1.78 bits per heavy atom. The lowest BCUT2D eigenvalue weighted by molar-refractivity contribution is 0.277. The highest BCUT2D eigenvalue weighted by Gasteiger charge is 2.30. The number of halogens is 1. The molecule has 3 heterocycles. The molecule has 9 heteroatoms. The van der Waals surface area contributed by atoms with Gasteiger partial charge in [0.2, 0.25) is 0 Å². The first-order chi connectivity index (χ1) is 17.4. The van der Waals surface area contributed by atoms with Crippen molar-refractivity contribution in [1.82, 2.24) is 19.5 Å². The van der Waals surface area contributed by atoms with E-state index < -0.39 is 9.84 Å². The molecule has 0 aliphatic carbocycles. The number of piperidine rings is 1. The van der Waals surface area contributed by atoms with E-state index in [9.17, 15) is 12.8 Å². The third kappa shape index (κ3) is 4.73. The second kappa shape index (κ2) is 9.99. The van der Waals surface area contributed by atoms with Crippen molar-refractivity contribution in [3.63, 3.8) is 0 Å². The number of hydrogen-bond acceptors (Lipinski definition) is 6. The molecule has 0 spiro atoms. The van der Waals surface area contributed by atoms with Crippen molar-refractivity contribution in [3.8, 4) is 16.9 Å². The van der Waals surface area contributed by atoms with E-state index in [0.29, 0.717) is 36.2 Å². The summed E-state index contributed by atoms with van der Waals surface area (Å²) in [6, 6.07) is 16.0. The molecule has 1 fully saturated rings. The number of hydrogen-bond donors (Lipinski definition) is 0. The Morgan fingerprint density at radius 1 is 1.03 bits per heavy atom. The predicted molar refractivity (Wildman–Crippen MR) is 136 cm³/mol. The lowest BCUT2D eigenvalue weighted by atomic mass is 10.0. The summed E-state index contributed by atoms with van der Waals surface area (Å²) < 4.78 is 47.0. The molecule has 0 bridgehead atoms. The number of methoxy groups -OCH3 is 1. The summed E-state index contributed by atoms with van der Waals surface area (Å²) in [6.45, 7) is 1.60. The van der Waals surface area contributed by atoms with Crippen molar-refractivity contribution in [2.45, 2.75) is 35.8 Å². The Kier molecular flexibility index (Phi) is 6.77. The highest BCUT2D eigenvalue weighted by atomic mass is 32.2. The topological polar surface area (TPSA) is 76.8 Å². The quantitative estimate of drug-likeness (QED) is 0.373. The largest absolute Gasteiger partial charge is 0.494 e. The molecule has 0 N–H and O–H groups in total. The van der Waals surface area contributed by atoms with Crippen LogP contribution in [0.5, 0.6) is 5.75 Å². The molecule has 2 aromatic carbocycles. The van der Waals surface area contributed by atoms with E-state index in [2.05, 4.69) is 15.1 Å². The van der Waals surface area contributed by atoms with Crippen molar-refractivity contribution in [3.05, 3.63) is 78.0 Å². The molecule has 188 valence electrons. The normalized spacial score (nSPS) is 15.4. The number of likely N-dealkylation sites (tertiary alicyclic amines) is 1. The summed E-state index contributed by atoms with van der Waals surface area (Å²) in [7, 11) is 0.122. The number of aromatic nitrogens is 3. The summed E-state index contributed by atoms with van der Waals surface area (Å²) in [5, 5.41) is 8.10. The Hall–Kier alpha value is -3.30. The van der Waals surface area contributed by atoms with Gasteiger partial charge < -0.3 is 9.64 Å². The standard InChI is InChI=1S/C27H29FN4O3S/c1-31-15-13-23(14-16-31)36(33,34)22-9-5-20(6-10-22)24-11-8-21(32-18-29-30-27(24)32)7-3-19-4-12-25(28)26(17-19)35-2/h4-6,8-12,17-18,23H,3,7,13-16H2,1-2H3. The summed E-state index contributed by atoms with van der Waals surface area (Å²) in [5.74, 6) is -0.143. The van der Waals surface area contributed by atoms with Gasteiger partial charge in [-0.05, 0) is 93.3 Å². The minimum atomic E-state index is -3.36. The van der Waals surface area contributed by atoms with Gasteiger partial charge in [-0.2, -0.15) is 0 Å². The average Bonchev–Trinajstić information content (AvgIpc) is 3.39. The SMILES string of the molecule is COc1cc(CCc2ccc(-c3ccc(S(=O)(=O)C4CCN(C)CC4)cc3)c3nncn23)ccc1F. The van der Waals surface area contributed by atoms with Gasteiger partial charge in [0.1, 0.15) is 6.33 Å². The summed E-state index contributed by atoms with van der Waals surface area (Å²) in [6.07, 6.45) is 4.41. The monoisotopic (exact) mass is 508 g/mol. The van der Waals surface area contributed by atoms with Crippen molar-refractivity contribution < 1.29 is 17.5 Å². The zero-order valence-corrected chi connectivity index (χ0v) is 21.2. The maximum Gasteiger partial charge on any atom is 0.181 e. The third-order valence-corrected chi connectivity index (χ3v) is 9.30. The molecule has 36 heavy (non-hydrogen) atoms. The maximum atomic E-state index is 13.7. The first-order valence-corrected chi connectivity index (χ1v) is 13.6. The molecule has 5 rings (SSSR count). The lowest BCUT2D eigenvalue weighted by Gasteiger charge is -2.28. The number of benzene rings is 2. The van der Waals surface area contributed by atoms with Crippen LogP contribution in [0.2, 0.25) is 0 Å². The van der Waals surface area contributed by atoms with Gasteiger partial charge in [0.25, 0.3) is 0 Å². The van der Waals surface area contributed by atoms with E-state index >= 15 is 0 Å². The van der Waals surface area contributed by atoms with Crippen molar-refractivity contribution >= 4 is 15.5 Å². The van der Waals surface area contributed by atoms with Gasteiger partial charge in [0, 0.05) is 11.3 Å². The van der Waals surface area contributed by atoms with Gasteiger partial charge in [-0.1, -0.05) is 18.2 Å². The molecule has 0 amide bonds. The van der Waals surface area contributed by atoms with Gasteiger partial charge in [0.05, 0.1) is 17.3 Å². The van der Waals surface area contributed by atoms with Crippen LogP contribution in [0.3, 0.4) is 0 Å². The molecule has 1 aliphatic rings. The number of pyridine rings is 1. The number of nitrogens with zero attached hydrogens (tertiary/aromatic N) is 4. The predicted octanol–water partition coefficient (Wildman–Crippen LogP) is 4.20. The van der Waals surface area contributed by atoms with Crippen LogP contribution >= 0.6 is 0 Å². The molecule has 1 aliphatic heterocycles. The number of fused-ring (bicyclic) bond motifs is 1. The Balaban J connectivity index is 1.37. The Labute approximate surface area is 210 Å². The number of sulfone groups is 1. The van der Waals surface area contributed by atoms with Crippen LogP contribution in [-0.4, -0.2) is 60.4 Å². The van der Waals surface area contributed by atoms with Crippen molar-refractivity contribution in [1.29, 1.82) is 0 Å². The van der Waals surface area contributed by atoms with E-state index in [1.165, 1.54) is 13.2 Å². The average molecular weight is 509 g/mol. The van der Waals surface area contributed by atoms with Crippen LogP contribution < -0.4 is 4.74 Å². The van der Waals surface area contributed by atoms with Gasteiger partial charge in [-0.15, -0.1) is 10.2 Å². The molecular weight excluding hydrogens is 479 g/mol. The Morgan fingerprint density at radius 3 is 2.50 bits per heavy atom. The highest BCUT2D eigenvalue weighted by molar-refractivity contribution is 7.92. The minimum absolute atomic E-state index is 0.235. The fraction of sp³-hybridized carbons (Fsp3) is 0.333. The van der Waals surface area contributed by atoms with E-state index in [1.807, 2.05) is 35.7 Å². The van der Waals surface area contributed by atoms with E-state index in [0.717, 1.165) is 35.5 Å². The van der Waals surface area contributed by atoms with Crippen molar-refractivity contribution in [2.75, 3.05) is 27.2 Å². The molecule has 1 saturated heterocycles. The third-order valence-electron chi connectivity index (χ3n) is 7.02. The van der Waals surface area contributed by atoms with Crippen LogP contribution in [0.15, 0.2) is 65.8 Å². The van der Waals surface area contributed by atoms with E-state index in [4.69, 9.17) is 4.74 Å². The fourth-order valence-corrected chi connectivity index (χ4v) is 6.57. The van der Waals surface area contributed by atoms with Gasteiger partial charge >= 0.3 is 0 Å². The van der Waals surface area contributed by atoms with Gasteiger partial charge in [0.15, 0.2) is 27.1 Å². The molecule has 0 atom stereocenters. The van der Waals surface area contributed by atoms with Crippen LogP contribution in [0.1, 0.15) is 24.1 Å². The molecule has 4 aromatic rings. The molecule has 0 saturated carbocycles. The molecule has 0 radical (unpaired) electrons. The second-order valence-electron chi connectivity index (χ2n) is 9.30. The first-order valence-electron chi connectivity index (χ1n) is 12.0. The smallest absolute Gasteiger partial charge is 0.181 e. The highest BCUT2D eigenvalue weighted by Crippen LogP contribution is 2.29. The summed E-state index contributed by atoms with van der Waals surface area (Å²) in [5.41, 5.74) is 4.45. The number of ether oxygens (including phenoxy) is 1.